The maximum atomic E-state index is 11.7. The Labute approximate surface area is 138 Å². The second-order valence-electron chi connectivity index (χ2n) is 5.63. The van der Waals surface area contributed by atoms with Gasteiger partial charge in [0, 0.05) is 17.1 Å². The van der Waals surface area contributed by atoms with E-state index in [4.69, 9.17) is 16.1 Å². The van der Waals surface area contributed by atoms with E-state index in [2.05, 4.69) is 20.8 Å². The zero-order valence-electron chi connectivity index (χ0n) is 12.4. The van der Waals surface area contributed by atoms with Gasteiger partial charge in [0.05, 0.1) is 12.1 Å². The first-order valence-electron chi connectivity index (χ1n) is 7.37. The molecule has 0 spiro atoms. The van der Waals surface area contributed by atoms with Gasteiger partial charge in [-0.2, -0.15) is 4.98 Å². The van der Waals surface area contributed by atoms with E-state index in [1.807, 2.05) is 0 Å². The lowest BCUT2D eigenvalue weighted by atomic mass is 9.80. The summed E-state index contributed by atoms with van der Waals surface area (Å²) >= 11 is 5.83. The fourth-order valence-electron chi connectivity index (χ4n) is 2.27. The fraction of sp³-hybridized carbons (Fsp3) is 0.400. The highest BCUT2D eigenvalue weighted by molar-refractivity contribution is 6.30. The Kier molecular flexibility index (Phi) is 4.49. The standard InChI is InChI=1S/C15H17ClN4O3/c16-11-4-2-10(3-5-11)13-19-12(23-20-13)8-17-14(21)18-9-15(22)6-1-7-15/h2-5,22H,1,6-9H2,(H2,17,18,21). The third kappa shape index (κ3) is 4.00. The second-order valence-corrected chi connectivity index (χ2v) is 6.07. The van der Waals surface area contributed by atoms with Gasteiger partial charge < -0.3 is 20.3 Å². The normalized spacial score (nSPS) is 15.7. The number of carbonyl (C=O) groups excluding carboxylic acids is 1. The Morgan fingerprint density at radius 3 is 2.70 bits per heavy atom. The van der Waals surface area contributed by atoms with Crippen molar-refractivity contribution in [3.8, 4) is 11.4 Å². The number of benzene rings is 1. The van der Waals surface area contributed by atoms with Crippen LogP contribution in [0.3, 0.4) is 0 Å². The minimum Gasteiger partial charge on any atom is -0.388 e. The summed E-state index contributed by atoms with van der Waals surface area (Å²) in [4.78, 5) is 15.9. The summed E-state index contributed by atoms with van der Waals surface area (Å²) in [6, 6.07) is 6.68. The first-order valence-corrected chi connectivity index (χ1v) is 7.74. The molecule has 2 aromatic rings. The van der Waals surface area contributed by atoms with Crippen molar-refractivity contribution in [2.24, 2.45) is 0 Å². The fourth-order valence-corrected chi connectivity index (χ4v) is 2.39. The minimum absolute atomic E-state index is 0.116. The number of nitrogens with zero attached hydrogens (tertiary/aromatic N) is 2. The summed E-state index contributed by atoms with van der Waals surface area (Å²) in [7, 11) is 0. The summed E-state index contributed by atoms with van der Waals surface area (Å²) in [5.74, 6) is 0.732. The van der Waals surface area contributed by atoms with Gasteiger partial charge in [0.15, 0.2) is 0 Å². The molecule has 0 saturated heterocycles. The molecule has 3 N–H and O–H groups in total. The molecular weight excluding hydrogens is 320 g/mol. The number of urea groups is 1. The summed E-state index contributed by atoms with van der Waals surface area (Å²) in [5, 5.41) is 19.6. The Hall–Kier alpha value is -2.12. The molecule has 3 rings (SSSR count). The van der Waals surface area contributed by atoms with E-state index < -0.39 is 5.60 Å². The van der Waals surface area contributed by atoms with Crippen LogP contribution in [0.1, 0.15) is 25.2 Å². The molecule has 0 aliphatic heterocycles. The van der Waals surface area contributed by atoms with Gasteiger partial charge in [0.1, 0.15) is 0 Å². The van der Waals surface area contributed by atoms with Crippen LogP contribution in [0.4, 0.5) is 4.79 Å². The van der Waals surface area contributed by atoms with Gasteiger partial charge in [0.25, 0.3) is 0 Å². The van der Waals surface area contributed by atoms with Gasteiger partial charge in [-0.1, -0.05) is 16.8 Å². The van der Waals surface area contributed by atoms with Crippen LogP contribution in [0.2, 0.25) is 5.02 Å². The van der Waals surface area contributed by atoms with Crippen LogP contribution in [0.25, 0.3) is 11.4 Å². The first kappa shape index (κ1) is 15.8. The Bertz CT molecular complexity index is 682. The lowest BCUT2D eigenvalue weighted by Crippen LogP contribution is -2.49. The predicted molar refractivity (Wildman–Crippen MR) is 83.8 cm³/mol. The van der Waals surface area contributed by atoms with E-state index in [0.29, 0.717) is 16.7 Å². The lowest BCUT2D eigenvalue weighted by Gasteiger charge is -2.36. The van der Waals surface area contributed by atoms with E-state index in [9.17, 15) is 9.90 Å². The van der Waals surface area contributed by atoms with Crippen LogP contribution in [0, 0.1) is 0 Å². The number of aromatic nitrogens is 2. The topological polar surface area (TPSA) is 100 Å². The van der Waals surface area contributed by atoms with Crippen LogP contribution >= 0.6 is 11.6 Å². The van der Waals surface area contributed by atoms with E-state index in [-0.39, 0.29) is 19.1 Å². The van der Waals surface area contributed by atoms with E-state index in [0.717, 1.165) is 24.8 Å². The zero-order valence-corrected chi connectivity index (χ0v) is 13.1. The molecule has 7 nitrogen and oxygen atoms in total. The maximum absolute atomic E-state index is 11.7. The highest BCUT2D eigenvalue weighted by atomic mass is 35.5. The van der Waals surface area contributed by atoms with Gasteiger partial charge >= 0.3 is 6.03 Å². The minimum atomic E-state index is -0.746. The van der Waals surface area contributed by atoms with Crippen LogP contribution in [0.15, 0.2) is 28.8 Å². The molecule has 1 aromatic heterocycles. The molecule has 2 amide bonds. The molecule has 1 aliphatic rings. The van der Waals surface area contributed by atoms with Gasteiger partial charge in [-0.15, -0.1) is 0 Å². The van der Waals surface area contributed by atoms with Crippen LogP contribution in [0.5, 0.6) is 0 Å². The number of aliphatic hydroxyl groups is 1. The van der Waals surface area contributed by atoms with Gasteiger partial charge in [-0.3, -0.25) is 0 Å². The molecule has 1 aromatic carbocycles. The zero-order chi connectivity index (χ0) is 16.3. The van der Waals surface area contributed by atoms with E-state index in [1.54, 1.807) is 24.3 Å². The number of amides is 2. The molecule has 122 valence electrons. The molecular formula is C15H17ClN4O3. The number of rotatable bonds is 5. The van der Waals surface area contributed by atoms with Crippen molar-refractivity contribution in [2.75, 3.05) is 6.54 Å². The van der Waals surface area contributed by atoms with Gasteiger partial charge in [-0.25, -0.2) is 4.79 Å². The maximum Gasteiger partial charge on any atom is 0.315 e. The quantitative estimate of drug-likeness (QED) is 0.776. The lowest BCUT2D eigenvalue weighted by molar-refractivity contribution is -0.0290. The molecule has 1 fully saturated rings. The largest absolute Gasteiger partial charge is 0.388 e. The molecule has 1 heterocycles. The predicted octanol–water partition coefficient (Wildman–Crippen LogP) is 2.10. The van der Waals surface area contributed by atoms with Crippen molar-refractivity contribution in [1.82, 2.24) is 20.8 Å². The van der Waals surface area contributed by atoms with Crippen molar-refractivity contribution in [3.63, 3.8) is 0 Å². The summed E-state index contributed by atoms with van der Waals surface area (Å²) < 4.78 is 5.09. The van der Waals surface area contributed by atoms with Crippen LogP contribution < -0.4 is 10.6 Å². The van der Waals surface area contributed by atoms with Crippen molar-refractivity contribution in [2.45, 2.75) is 31.4 Å². The van der Waals surface area contributed by atoms with Crippen LogP contribution in [-0.2, 0) is 6.54 Å². The number of hydrogen-bond donors (Lipinski definition) is 3. The summed E-state index contributed by atoms with van der Waals surface area (Å²) in [6.07, 6.45) is 2.44. The molecule has 8 heteroatoms. The first-order chi connectivity index (χ1) is 11.0. The average Bonchev–Trinajstić information content (AvgIpc) is 2.98. The average molecular weight is 337 g/mol. The second kappa shape index (κ2) is 6.55. The number of carbonyl (C=O) groups is 1. The monoisotopic (exact) mass is 336 g/mol. The van der Waals surface area contributed by atoms with Gasteiger partial charge in [-0.05, 0) is 43.5 Å². The highest BCUT2D eigenvalue weighted by Crippen LogP contribution is 2.30. The van der Waals surface area contributed by atoms with Gasteiger partial charge in [0.2, 0.25) is 11.7 Å². The van der Waals surface area contributed by atoms with Crippen LogP contribution in [-0.4, -0.2) is 33.4 Å². The van der Waals surface area contributed by atoms with Crippen molar-refractivity contribution >= 4 is 17.6 Å². The SMILES string of the molecule is O=C(NCc1nc(-c2ccc(Cl)cc2)no1)NCC1(O)CCC1. The molecule has 0 radical (unpaired) electrons. The molecule has 0 atom stereocenters. The summed E-state index contributed by atoms with van der Waals surface area (Å²) in [5.41, 5.74) is 0.0323. The number of halogens is 1. The summed E-state index contributed by atoms with van der Waals surface area (Å²) in [6.45, 7) is 0.365. The molecule has 1 saturated carbocycles. The van der Waals surface area contributed by atoms with Crippen molar-refractivity contribution in [1.29, 1.82) is 0 Å². The van der Waals surface area contributed by atoms with E-state index in [1.165, 1.54) is 0 Å². The highest BCUT2D eigenvalue weighted by Gasteiger charge is 2.34. The number of hydrogen-bond acceptors (Lipinski definition) is 5. The molecule has 0 unspecified atom stereocenters. The smallest absolute Gasteiger partial charge is 0.315 e. The number of nitrogens with one attached hydrogen (secondary N) is 2. The third-order valence-corrected chi connectivity index (χ3v) is 4.08. The third-order valence-electron chi connectivity index (χ3n) is 3.83. The Morgan fingerprint density at radius 2 is 2.04 bits per heavy atom. The Balaban J connectivity index is 1.49. The molecule has 23 heavy (non-hydrogen) atoms. The molecule has 0 bridgehead atoms. The van der Waals surface area contributed by atoms with Crippen molar-refractivity contribution < 1.29 is 14.4 Å². The molecule has 1 aliphatic carbocycles. The van der Waals surface area contributed by atoms with E-state index >= 15 is 0 Å². The van der Waals surface area contributed by atoms with Crippen molar-refractivity contribution in [3.05, 3.63) is 35.2 Å². The Morgan fingerprint density at radius 1 is 1.30 bits per heavy atom.